The van der Waals surface area contributed by atoms with Gasteiger partial charge in [-0.25, -0.2) is 4.79 Å². The van der Waals surface area contributed by atoms with Gasteiger partial charge in [0.05, 0.1) is 12.5 Å². The summed E-state index contributed by atoms with van der Waals surface area (Å²) >= 11 is 0. The fraction of sp³-hybridized carbons (Fsp3) is 0.684. The van der Waals surface area contributed by atoms with Gasteiger partial charge in [0, 0.05) is 13.1 Å². The summed E-state index contributed by atoms with van der Waals surface area (Å²) < 4.78 is 0. The molecule has 0 saturated carbocycles. The molecule has 1 rings (SSSR count). The Morgan fingerprint density at radius 2 is 1.76 bits per heavy atom. The van der Waals surface area contributed by atoms with Crippen molar-refractivity contribution < 1.29 is 39.3 Å². The lowest BCUT2D eigenvalue weighted by Gasteiger charge is -2.30. The maximum absolute atomic E-state index is 13.2. The number of hydrogen-bond acceptors (Lipinski definition) is 8. The Kier molecular flexibility index (Phi) is 11.2. The number of aliphatic hydroxyl groups is 1. The summed E-state index contributed by atoms with van der Waals surface area (Å²) in [4.78, 5) is 65.5. The Morgan fingerprint density at radius 1 is 1.12 bits per heavy atom. The van der Waals surface area contributed by atoms with Crippen LogP contribution < -0.4 is 27.8 Å². The number of rotatable bonds is 13. The van der Waals surface area contributed by atoms with E-state index >= 15 is 0 Å². The van der Waals surface area contributed by atoms with Crippen LogP contribution in [0.15, 0.2) is 4.99 Å². The van der Waals surface area contributed by atoms with E-state index in [1.165, 1.54) is 11.8 Å². The Morgan fingerprint density at radius 3 is 2.29 bits per heavy atom. The molecule has 1 heterocycles. The molecule has 11 N–H and O–H groups in total. The molecule has 0 aromatic heterocycles. The molecule has 192 valence electrons. The molecule has 0 bridgehead atoms. The van der Waals surface area contributed by atoms with Gasteiger partial charge >= 0.3 is 11.9 Å². The largest absolute Gasteiger partial charge is 0.481 e. The highest BCUT2D eigenvalue weighted by atomic mass is 16.4. The van der Waals surface area contributed by atoms with Gasteiger partial charge in [-0.2, -0.15) is 0 Å². The minimum absolute atomic E-state index is 0.0927. The van der Waals surface area contributed by atoms with Crippen LogP contribution in [0.3, 0.4) is 0 Å². The standard InChI is InChI=1S/C19H33N7O8/c1-9(27)14(20)16(31)24-10(4-2-6-23-19(21)22)17(32)26-7-3-5-12(26)15(30)25-11(18(33)34)8-13(28)29/h9-12,14,27H,2-8,20H2,1H3,(H,24,31)(H,25,30)(H,28,29)(H,33,34)(H4,21,22,23). The zero-order chi connectivity index (χ0) is 26.0. The van der Waals surface area contributed by atoms with Crippen molar-refractivity contribution in [2.75, 3.05) is 13.1 Å². The highest BCUT2D eigenvalue weighted by Crippen LogP contribution is 2.20. The number of carbonyl (C=O) groups excluding carboxylic acids is 3. The topological polar surface area (TPSA) is 264 Å². The SMILES string of the molecule is CC(O)C(N)C(=O)NC(CCCN=C(N)N)C(=O)N1CCCC1C(=O)NC(CC(=O)O)C(=O)O. The number of amides is 3. The second-order valence-electron chi connectivity index (χ2n) is 7.96. The zero-order valence-electron chi connectivity index (χ0n) is 18.8. The van der Waals surface area contributed by atoms with E-state index in [2.05, 4.69) is 15.6 Å². The maximum atomic E-state index is 13.2. The summed E-state index contributed by atoms with van der Waals surface area (Å²) in [5.74, 6) is -5.28. The van der Waals surface area contributed by atoms with E-state index in [9.17, 15) is 29.1 Å². The second-order valence-corrected chi connectivity index (χ2v) is 7.96. The van der Waals surface area contributed by atoms with Gasteiger partial charge in [-0.15, -0.1) is 0 Å². The molecule has 0 aromatic carbocycles. The van der Waals surface area contributed by atoms with E-state index in [1.54, 1.807) is 0 Å². The van der Waals surface area contributed by atoms with Crippen LogP contribution in [0, 0.1) is 0 Å². The van der Waals surface area contributed by atoms with Crippen molar-refractivity contribution in [1.29, 1.82) is 0 Å². The number of nitrogens with two attached hydrogens (primary N) is 3. The number of carbonyl (C=O) groups is 5. The van der Waals surface area contributed by atoms with Gasteiger partial charge in [0.2, 0.25) is 17.7 Å². The molecule has 0 aromatic rings. The van der Waals surface area contributed by atoms with Crippen LogP contribution >= 0.6 is 0 Å². The van der Waals surface area contributed by atoms with Crippen molar-refractivity contribution in [2.45, 2.75) is 69.3 Å². The van der Waals surface area contributed by atoms with Crippen LogP contribution in [0.1, 0.15) is 39.0 Å². The van der Waals surface area contributed by atoms with Gasteiger partial charge in [0.15, 0.2) is 5.96 Å². The Labute approximate surface area is 195 Å². The van der Waals surface area contributed by atoms with Crippen molar-refractivity contribution in [2.24, 2.45) is 22.2 Å². The first-order valence-electron chi connectivity index (χ1n) is 10.7. The third-order valence-corrected chi connectivity index (χ3v) is 5.21. The average molecular weight is 488 g/mol. The molecule has 0 aliphatic carbocycles. The molecule has 1 aliphatic heterocycles. The van der Waals surface area contributed by atoms with Crippen molar-refractivity contribution in [3.05, 3.63) is 0 Å². The third kappa shape index (κ3) is 8.82. The van der Waals surface area contributed by atoms with Crippen LogP contribution in [-0.2, 0) is 24.0 Å². The predicted molar refractivity (Wildman–Crippen MR) is 118 cm³/mol. The fourth-order valence-electron chi connectivity index (χ4n) is 3.39. The van der Waals surface area contributed by atoms with Gasteiger partial charge in [0.25, 0.3) is 0 Å². The van der Waals surface area contributed by atoms with E-state index in [0.29, 0.717) is 12.8 Å². The van der Waals surface area contributed by atoms with Crippen LogP contribution in [0.5, 0.6) is 0 Å². The maximum Gasteiger partial charge on any atom is 0.326 e. The average Bonchev–Trinajstić information content (AvgIpc) is 3.23. The highest BCUT2D eigenvalue weighted by molar-refractivity contribution is 5.95. The summed E-state index contributed by atoms with van der Waals surface area (Å²) in [6, 6.07) is -5.13. The third-order valence-electron chi connectivity index (χ3n) is 5.21. The predicted octanol–water partition coefficient (Wildman–Crippen LogP) is -3.73. The second kappa shape index (κ2) is 13.3. The summed E-state index contributed by atoms with van der Waals surface area (Å²) in [5.41, 5.74) is 16.2. The first-order valence-corrected chi connectivity index (χ1v) is 10.7. The number of aliphatic carboxylic acids is 2. The van der Waals surface area contributed by atoms with Gasteiger partial charge in [-0.05, 0) is 32.6 Å². The molecular weight excluding hydrogens is 454 g/mol. The first kappa shape index (κ1) is 28.6. The monoisotopic (exact) mass is 487 g/mol. The molecule has 15 nitrogen and oxygen atoms in total. The lowest BCUT2D eigenvalue weighted by Crippen LogP contribution is -2.58. The summed E-state index contributed by atoms with van der Waals surface area (Å²) in [5, 5.41) is 32.2. The van der Waals surface area contributed by atoms with Crippen molar-refractivity contribution in [1.82, 2.24) is 15.5 Å². The van der Waals surface area contributed by atoms with Crippen molar-refractivity contribution in [3.8, 4) is 0 Å². The zero-order valence-corrected chi connectivity index (χ0v) is 18.8. The number of hydrogen-bond donors (Lipinski definition) is 8. The van der Waals surface area contributed by atoms with Crippen molar-refractivity contribution in [3.63, 3.8) is 0 Å². The minimum atomic E-state index is -1.67. The quantitative estimate of drug-likeness (QED) is 0.0710. The number of nitrogens with one attached hydrogen (secondary N) is 2. The first-order chi connectivity index (χ1) is 15.8. The van der Waals surface area contributed by atoms with Crippen LogP contribution in [0.25, 0.3) is 0 Å². The van der Waals surface area contributed by atoms with Gasteiger partial charge in [-0.3, -0.25) is 24.2 Å². The van der Waals surface area contributed by atoms with Crippen LogP contribution in [-0.4, -0.2) is 99.2 Å². The molecule has 34 heavy (non-hydrogen) atoms. The molecule has 3 amide bonds. The highest BCUT2D eigenvalue weighted by Gasteiger charge is 2.39. The number of aliphatic hydroxyl groups excluding tert-OH is 1. The summed E-state index contributed by atoms with van der Waals surface area (Å²) in [6.07, 6.45) is -0.966. The minimum Gasteiger partial charge on any atom is -0.481 e. The van der Waals surface area contributed by atoms with Gasteiger partial charge in [0.1, 0.15) is 24.2 Å². The lowest BCUT2D eigenvalue weighted by atomic mass is 10.1. The smallest absolute Gasteiger partial charge is 0.326 e. The molecular formula is C19H33N7O8. The van der Waals surface area contributed by atoms with E-state index in [4.69, 9.17) is 27.4 Å². The number of likely N-dealkylation sites (tertiary alicyclic amines) is 1. The summed E-state index contributed by atoms with van der Waals surface area (Å²) in [6.45, 7) is 1.65. The fourth-order valence-corrected chi connectivity index (χ4v) is 3.39. The number of carboxylic acids is 2. The van der Waals surface area contributed by atoms with E-state index < -0.39 is 66.4 Å². The molecule has 5 atom stereocenters. The number of carboxylic acid groups (broad SMARTS) is 2. The molecule has 1 aliphatic rings. The molecule has 1 saturated heterocycles. The molecule has 0 radical (unpaired) electrons. The van der Waals surface area contributed by atoms with E-state index in [-0.39, 0.29) is 31.9 Å². The number of nitrogens with zero attached hydrogens (tertiary/aromatic N) is 2. The Balaban J connectivity index is 3.00. The summed E-state index contributed by atoms with van der Waals surface area (Å²) in [7, 11) is 0. The lowest BCUT2D eigenvalue weighted by molar-refractivity contribution is -0.148. The van der Waals surface area contributed by atoms with Crippen molar-refractivity contribution >= 4 is 35.6 Å². The van der Waals surface area contributed by atoms with Crippen LogP contribution in [0.4, 0.5) is 0 Å². The van der Waals surface area contributed by atoms with E-state index in [0.717, 1.165) is 0 Å². The normalized spacial score (nSPS) is 18.8. The van der Waals surface area contributed by atoms with Crippen LogP contribution in [0.2, 0.25) is 0 Å². The van der Waals surface area contributed by atoms with Gasteiger partial charge in [-0.1, -0.05) is 0 Å². The molecule has 1 fully saturated rings. The van der Waals surface area contributed by atoms with E-state index in [1.807, 2.05) is 0 Å². The number of aliphatic imine (C=N–C) groups is 1. The Hall–Kier alpha value is -3.46. The number of guanidine groups is 1. The Bertz CT molecular complexity index is 800. The molecule has 0 spiro atoms. The molecule has 5 unspecified atom stereocenters. The molecule has 15 heteroatoms. The van der Waals surface area contributed by atoms with Gasteiger partial charge < -0.3 is 48.1 Å².